The first-order valence-corrected chi connectivity index (χ1v) is 12.7. The van der Waals surface area contributed by atoms with Crippen molar-refractivity contribution in [3.8, 4) is 10.6 Å². The average molecular weight is 528 g/mol. The maximum absolute atomic E-state index is 12.3. The van der Waals surface area contributed by atoms with Crippen LogP contribution in [0.3, 0.4) is 0 Å². The van der Waals surface area contributed by atoms with E-state index in [1.165, 1.54) is 11.0 Å². The summed E-state index contributed by atoms with van der Waals surface area (Å²) >= 11 is 1.59. The van der Waals surface area contributed by atoms with Gasteiger partial charge in [0.2, 0.25) is 11.9 Å². The van der Waals surface area contributed by atoms with Crippen molar-refractivity contribution in [2.45, 2.75) is 19.4 Å². The zero-order chi connectivity index (χ0) is 26.7. The summed E-state index contributed by atoms with van der Waals surface area (Å²) < 4.78 is 1.06. The summed E-state index contributed by atoms with van der Waals surface area (Å²) in [6, 6.07) is 12.9. The first kappa shape index (κ1) is 25.0. The summed E-state index contributed by atoms with van der Waals surface area (Å²) in [5, 5.41) is 9.35. The number of aromatic nitrogens is 3. The number of nitrogens with one attached hydrogen (secondary N) is 3. The largest absolute Gasteiger partial charge is 0.352 e. The maximum atomic E-state index is 12.3. The van der Waals surface area contributed by atoms with E-state index in [4.69, 9.17) is 0 Å². The van der Waals surface area contributed by atoms with E-state index in [-0.39, 0.29) is 11.8 Å². The summed E-state index contributed by atoms with van der Waals surface area (Å²) in [4.78, 5) is 51.6. The van der Waals surface area contributed by atoms with Gasteiger partial charge in [0, 0.05) is 48.1 Å². The number of amides is 4. The highest BCUT2D eigenvalue weighted by Crippen LogP contribution is 2.34. The van der Waals surface area contributed by atoms with Gasteiger partial charge in [0.05, 0.1) is 10.6 Å². The van der Waals surface area contributed by atoms with Gasteiger partial charge in [-0.1, -0.05) is 0 Å². The monoisotopic (exact) mass is 527 g/mol. The number of urea groups is 1. The molecular formula is C27H25N7O3S. The van der Waals surface area contributed by atoms with Crippen LogP contribution < -0.4 is 16.0 Å². The average Bonchev–Trinajstić information content (AvgIpc) is 3.41. The number of benzene rings is 1. The Balaban J connectivity index is 1.24. The lowest BCUT2D eigenvalue weighted by Gasteiger charge is -2.27. The molecule has 1 aliphatic rings. The van der Waals surface area contributed by atoms with Crippen molar-refractivity contribution in [1.82, 2.24) is 25.2 Å². The number of rotatable bonds is 8. The van der Waals surface area contributed by atoms with Gasteiger partial charge < -0.3 is 15.5 Å². The number of hydrogen-bond acceptors (Lipinski definition) is 8. The molecule has 0 unspecified atom stereocenters. The number of fused-ring (bicyclic) bond motifs is 1. The lowest BCUT2D eigenvalue weighted by Crippen LogP contribution is -2.46. The summed E-state index contributed by atoms with van der Waals surface area (Å²) in [6.07, 6.45) is 8.25. The molecule has 1 fully saturated rings. The Bertz CT molecular complexity index is 1550. The van der Waals surface area contributed by atoms with Crippen LogP contribution in [0.4, 0.5) is 16.4 Å². The lowest BCUT2D eigenvalue weighted by atomic mass is 10.0. The van der Waals surface area contributed by atoms with Crippen LogP contribution in [0.25, 0.3) is 26.7 Å². The zero-order valence-electron chi connectivity index (χ0n) is 20.8. The Labute approximate surface area is 222 Å². The Morgan fingerprint density at radius 1 is 1.11 bits per heavy atom. The number of nitrogens with zero attached hydrogens (tertiary/aromatic N) is 4. The topological polar surface area (TPSA) is 129 Å². The van der Waals surface area contributed by atoms with Crippen molar-refractivity contribution < 1.29 is 14.4 Å². The second-order valence-corrected chi connectivity index (χ2v) is 10.2. The molecule has 1 saturated heterocycles. The molecule has 0 radical (unpaired) electrons. The molecule has 0 bridgehead atoms. The molecule has 0 atom stereocenters. The highest BCUT2D eigenvalue weighted by atomic mass is 32.1. The fraction of sp³-hybridized carbons (Fsp3) is 0.185. The van der Waals surface area contributed by atoms with Gasteiger partial charge in [-0.15, -0.1) is 11.3 Å². The van der Waals surface area contributed by atoms with E-state index in [2.05, 4.69) is 30.9 Å². The van der Waals surface area contributed by atoms with Crippen LogP contribution in [0.1, 0.15) is 19.4 Å². The molecule has 10 nitrogen and oxygen atoms in total. The van der Waals surface area contributed by atoms with E-state index < -0.39 is 11.6 Å². The number of thiophene rings is 1. The van der Waals surface area contributed by atoms with Crippen molar-refractivity contribution in [3.63, 3.8) is 0 Å². The number of carbonyl (C=O) groups is 3. The number of hydrogen-bond donors (Lipinski definition) is 3. The van der Waals surface area contributed by atoms with E-state index in [0.717, 1.165) is 26.2 Å². The molecule has 3 N–H and O–H groups in total. The van der Waals surface area contributed by atoms with Gasteiger partial charge >= 0.3 is 6.03 Å². The molecule has 192 valence electrons. The van der Waals surface area contributed by atoms with Gasteiger partial charge in [-0.05, 0) is 73.3 Å². The Morgan fingerprint density at radius 3 is 2.68 bits per heavy atom. The molecule has 4 aromatic rings. The van der Waals surface area contributed by atoms with Crippen LogP contribution in [0.15, 0.2) is 67.1 Å². The van der Waals surface area contributed by atoms with Crippen molar-refractivity contribution in [3.05, 3.63) is 72.7 Å². The molecule has 0 saturated carbocycles. The van der Waals surface area contributed by atoms with Gasteiger partial charge in [0.25, 0.3) is 5.91 Å². The number of imide groups is 1. The van der Waals surface area contributed by atoms with Crippen molar-refractivity contribution in [1.29, 1.82) is 0 Å². The van der Waals surface area contributed by atoms with Crippen LogP contribution in [0.2, 0.25) is 0 Å². The second-order valence-electron chi connectivity index (χ2n) is 9.13. The predicted octanol–water partition coefficient (Wildman–Crippen LogP) is 4.15. The van der Waals surface area contributed by atoms with Crippen LogP contribution in [0, 0.1) is 0 Å². The first-order chi connectivity index (χ1) is 18.3. The summed E-state index contributed by atoms with van der Waals surface area (Å²) in [7, 11) is 0. The maximum Gasteiger partial charge on any atom is 0.325 e. The molecule has 0 spiro atoms. The Hall–Kier alpha value is -4.64. The smallest absolute Gasteiger partial charge is 0.325 e. The van der Waals surface area contributed by atoms with E-state index in [1.807, 2.05) is 42.5 Å². The molecule has 11 heteroatoms. The molecule has 5 rings (SSSR count). The summed E-state index contributed by atoms with van der Waals surface area (Å²) in [6.45, 7) is 4.13. The minimum atomic E-state index is -0.896. The lowest BCUT2D eigenvalue weighted by molar-refractivity contribution is -0.125. The van der Waals surface area contributed by atoms with Gasteiger partial charge in [0.1, 0.15) is 5.54 Å². The quantitative estimate of drug-likeness (QED) is 0.232. The molecule has 4 amide bonds. The van der Waals surface area contributed by atoms with Crippen LogP contribution in [-0.2, 0) is 9.59 Å². The standard InChI is InChI=1S/C27H25N7O3S/c1-27(2)24(36)33-26(37)34(27)14-13-30-25-29-12-9-20(32-25)22-16-18-15-19(4-5-21(18)38-22)31-23(35)6-3-17-7-10-28-11-8-17/h3-12,15-16H,13-14H2,1-2H3,(H,31,35)(H,29,30,32)(H,33,36,37). The molecule has 3 aromatic heterocycles. The van der Waals surface area contributed by atoms with Gasteiger partial charge in [0.15, 0.2) is 0 Å². The van der Waals surface area contributed by atoms with E-state index in [9.17, 15) is 14.4 Å². The molecular weight excluding hydrogens is 502 g/mol. The number of carbonyl (C=O) groups excluding carboxylic acids is 3. The number of pyridine rings is 1. The predicted molar refractivity (Wildman–Crippen MR) is 148 cm³/mol. The summed E-state index contributed by atoms with van der Waals surface area (Å²) in [5.74, 6) is -0.102. The van der Waals surface area contributed by atoms with Gasteiger partial charge in [-0.2, -0.15) is 0 Å². The fourth-order valence-corrected chi connectivity index (χ4v) is 5.03. The van der Waals surface area contributed by atoms with Crippen LogP contribution in [0.5, 0.6) is 0 Å². The van der Waals surface area contributed by atoms with Crippen LogP contribution >= 0.6 is 11.3 Å². The molecule has 4 heterocycles. The Morgan fingerprint density at radius 2 is 1.92 bits per heavy atom. The van der Waals surface area contributed by atoms with E-state index >= 15 is 0 Å². The minimum absolute atomic E-state index is 0.220. The highest BCUT2D eigenvalue weighted by Gasteiger charge is 2.45. The fourth-order valence-electron chi connectivity index (χ4n) is 4.01. The first-order valence-electron chi connectivity index (χ1n) is 11.9. The third kappa shape index (κ3) is 5.37. The van der Waals surface area contributed by atoms with Crippen LogP contribution in [-0.4, -0.2) is 56.3 Å². The minimum Gasteiger partial charge on any atom is -0.352 e. The van der Waals surface area contributed by atoms with Gasteiger partial charge in [-0.3, -0.25) is 19.9 Å². The molecule has 0 aliphatic carbocycles. The highest BCUT2D eigenvalue weighted by molar-refractivity contribution is 7.22. The normalized spacial score (nSPS) is 14.7. The second kappa shape index (κ2) is 10.4. The Kier molecular flexibility index (Phi) is 6.84. The molecule has 1 aromatic carbocycles. The summed E-state index contributed by atoms with van der Waals surface area (Å²) in [5.41, 5.74) is 1.45. The molecule has 38 heavy (non-hydrogen) atoms. The van der Waals surface area contributed by atoms with Crippen molar-refractivity contribution >= 4 is 57.0 Å². The zero-order valence-corrected chi connectivity index (χ0v) is 21.6. The molecule has 1 aliphatic heterocycles. The number of anilines is 2. The SMILES string of the molecule is CC1(C)C(=O)NC(=O)N1CCNc1nccc(-c2cc3cc(NC(=O)C=Cc4ccncc4)ccc3s2)n1. The van der Waals surface area contributed by atoms with E-state index in [1.54, 1.807) is 49.9 Å². The van der Waals surface area contributed by atoms with Crippen molar-refractivity contribution in [2.75, 3.05) is 23.7 Å². The third-order valence-corrected chi connectivity index (χ3v) is 7.28. The van der Waals surface area contributed by atoms with Gasteiger partial charge in [-0.25, -0.2) is 14.8 Å². The third-order valence-electron chi connectivity index (χ3n) is 6.14. The van der Waals surface area contributed by atoms with E-state index in [0.29, 0.717) is 24.7 Å². The van der Waals surface area contributed by atoms with Crippen molar-refractivity contribution in [2.24, 2.45) is 0 Å².